The molecule has 1 atom stereocenters. The number of anilines is 1. The molecule has 2 N–H and O–H groups in total. The lowest BCUT2D eigenvalue weighted by Gasteiger charge is -2.33. The molecule has 18 heavy (non-hydrogen) atoms. The molecule has 1 aliphatic rings. The molecule has 0 bridgehead atoms. The fourth-order valence-corrected chi connectivity index (χ4v) is 2.26. The van der Waals surface area contributed by atoms with Crippen LogP contribution >= 0.6 is 0 Å². The minimum Gasteiger partial charge on any atom is -0.353 e. The van der Waals surface area contributed by atoms with Crippen LogP contribution in [0.2, 0.25) is 0 Å². The van der Waals surface area contributed by atoms with Crippen molar-refractivity contribution < 1.29 is 4.79 Å². The standard InChI is InChI=1S/C13H20N4O/c1-10-7-13(15-8-12(10)11(2)14)17-5-3-16(9-18)4-6-17/h7-9,11H,3-6,14H2,1-2H3/t11-/m1/s1. The molecular formula is C13H20N4O. The zero-order chi connectivity index (χ0) is 13.1. The molecule has 0 aromatic carbocycles. The summed E-state index contributed by atoms with van der Waals surface area (Å²) in [6.07, 6.45) is 2.77. The maximum atomic E-state index is 10.7. The summed E-state index contributed by atoms with van der Waals surface area (Å²) in [6, 6.07) is 2.09. The Morgan fingerprint density at radius 2 is 2.06 bits per heavy atom. The first-order chi connectivity index (χ1) is 8.61. The van der Waals surface area contributed by atoms with Crippen LogP contribution in [0.25, 0.3) is 0 Å². The number of aryl methyl sites for hydroxylation is 1. The van der Waals surface area contributed by atoms with Crippen LogP contribution in [-0.4, -0.2) is 42.5 Å². The van der Waals surface area contributed by atoms with E-state index in [-0.39, 0.29) is 6.04 Å². The van der Waals surface area contributed by atoms with Crippen LogP contribution in [0, 0.1) is 6.92 Å². The van der Waals surface area contributed by atoms with Crippen LogP contribution in [0.15, 0.2) is 12.3 Å². The smallest absolute Gasteiger partial charge is 0.209 e. The summed E-state index contributed by atoms with van der Waals surface area (Å²) in [7, 11) is 0. The number of hydrogen-bond donors (Lipinski definition) is 1. The van der Waals surface area contributed by atoms with Gasteiger partial charge in [0.05, 0.1) is 0 Å². The molecule has 1 aromatic heterocycles. The maximum absolute atomic E-state index is 10.7. The summed E-state index contributed by atoms with van der Waals surface area (Å²) in [5, 5.41) is 0. The minimum atomic E-state index is 0.0125. The predicted molar refractivity (Wildman–Crippen MR) is 71.4 cm³/mol. The zero-order valence-corrected chi connectivity index (χ0v) is 11.0. The van der Waals surface area contributed by atoms with Gasteiger partial charge >= 0.3 is 0 Å². The molecule has 5 heteroatoms. The summed E-state index contributed by atoms with van der Waals surface area (Å²) in [5.41, 5.74) is 8.14. The summed E-state index contributed by atoms with van der Waals surface area (Å²) >= 11 is 0. The quantitative estimate of drug-likeness (QED) is 0.799. The molecular weight excluding hydrogens is 228 g/mol. The normalized spacial score (nSPS) is 17.7. The third kappa shape index (κ3) is 2.61. The van der Waals surface area contributed by atoms with E-state index < -0.39 is 0 Å². The number of carbonyl (C=O) groups is 1. The van der Waals surface area contributed by atoms with Gasteiger partial charge in [0.1, 0.15) is 5.82 Å². The van der Waals surface area contributed by atoms with Crippen molar-refractivity contribution in [2.45, 2.75) is 19.9 Å². The number of pyridine rings is 1. The molecule has 1 fully saturated rings. The van der Waals surface area contributed by atoms with Gasteiger partial charge in [0.15, 0.2) is 0 Å². The van der Waals surface area contributed by atoms with Crippen molar-refractivity contribution in [3.63, 3.8) is 0 Å². The molecule has 0 saturated carbocycles. The average molecular weight is 248 g/mol. The highest BCUT2D eigenvalue weighted by molar-refractivity contribution is 5.50. The number of rotatable bonds is 3. The Kier molecular flexibility index (Phi) is 3.81. The predicted octanol–water partition coefficient (Wildman–Crippen LogP) is 0.688. The number of nitrogens with zero attached hydrogens (tertiary/aromatic N) is 3. The Balaban J connectivity index is 2.10. The van der Waals surface area contributed by atoms with Gasteiger partial charge in [-0.05, 0) is 31.0 Å². The minimum absolute atomic E-state index is 0.0125. The molecule has 2 heterocycles. The first-order valence-electron chi connectivity index (χ1n) is 6.28. The second-order valence-corrected chi connectivity index (χ2v) is 4.82. The highest BCUT2D eigenvalue weighted by Crippen LogP contribution is 2.20. The zero-order valence-electron chi connectivity index (χ0n) is 11.0. The van der Waals surface area contributed by atoms with Gasteiger partial charge in [-0.1, -0.05) is 0 Å². The molecule has 1 saturated heterocycles. The lowest BCUT2D eigenvalue weighted by atomic mass is 10.1. The molecule has 0 radical (unpaired) electrons. The van der Waals surface area contributed by atoms with Crippen molar-refractivity contribution in [3.8, 4) is 0 Å². The lowest BCUT2D eigenvalue weighted by molar-refractivity contribution is -0.118. The van der Waals surface area contributed by atoms with E-state index in [1.54, 1.807) is 4.90 Å². The van der Waals surface area contributed by atoms with Crippen LogP contribution in [0.3, 0.4) is 0 Å². The summed E-state index contributed by atoms with van der Waals surface area (Å²) in [5.74, 6) is 0.974. The van der Waals surface area contributed by atoms with E-state index >= 15 is 0 Å². The lowest BCUT2D eigenvalue weighted by Crippen LogP contribution is -2.46. The number of aromatic nitrogens is 1. The summed E-state index contributed by atoms with van der Waals surface area (Å²) in [6.45, 7) is 7.22. The Hall–Kier alpha value is -1.62. The number of hydrogen-bond acceptors (Lipinski definition) is 4. The Bertz CT molecular complexity index is 425. The molecule has 0 aliphatic carbocycles. The van der Waals surface area contributed by atoms with Crippen molar-refractivity contribution in [1.29, 1.82) is 0 Å². The van der Waals surface area contributed by atoms with Crippen LogP contribution < -0.4 is 10.6 Å². The molecule has 1 amide bonds. The summed E-state index contributed by atoms with van der Waals surface area (Å²) < 4.78 is 0. The van der Waals surface area contributed by atoms with Crippen molar-refractivity contribution >= 4 is 12.2 Å². The molecule has 1 aliphatic heterocycles. The van der Waals surface area contributed by atoms with E-state index in [0.29, 0.717) is 0 Å². The van der Waals surface area contributed by atoms with E-state index in [1.807, 2.05) is 13.1 Å². The number of piperazine rings is 1. The molecule has 2 rings (SSSR count). The van der Waals surface area contributed by atoms with E-state index in [4.69, 9.17) is 5.73 Å². The second kappa shape index (κ2) is 5.35. The maximum Gasteiger partial charge on any atom is 0.209 e. The Morgan fingerprint density at radius 3 is 2.56 bits per heavy atom. The van der Waals surface area contributed by atoms with E-state index in [0.717, 1.165) is 44.0 Å². The first-order valence-corrected chi connectivity index (χ1v) is 6.28. The average Bonchev–Trinajstić information content (AvgIpc) is 2.38. The van der Waals surface area contributed by atoms with Crippen LogP contribution in [0.5, 0.6) is 0 Å². The van der Waals surface area contributed by atoms with Gasteiger partial charge in [-0.2, -0.15) is 0 Å². The fraction of sp³-hybridized carbons (Fsp3) is 0.538. The van der Waals surface area contributed by atoms with Crippen molar-refractivity contribution in [1.82, 2.24) is 9.88 Å². The van der Waals surface area contributed by atoms with Crippen LogP contribution in [0.1, 0.15) is 24.1 Å². The van der Waals surface area contributed by atoms with Gasteiger partial charge in [0.25, 0.3) is 0 Å². The largest absolute Gasteiger partial charge is 0.353 e. The van der Waals surface area contributed by atoms with Crippen molar-refractivity contribution in [3.05, 3.63) is 23.4 Å². The molecule has 1 aromatic rings. The first kappa shape index (κ1) is 12.8. The Labute approximate surface area is 108 Å². The fourth-order valence-electron chi connectivity index (χ4n) is 2.26. The van der Waals surface area contributed by atoms with Gasteiger partial charge in [-0.3, -0.25) is 4.79 Å². The van der Waals surface area contributed by atoms with Gasteiger partial charge in [-0.25, -0.2) is 4.98 Å². The summed E-state index contributed by atoms with van der Waals surface area (Å²) in [4.78, 5) is 19.1. The topological polar surface area (TPSA) is 62.5 Å². The monoisotopic (exact) mass is 248 g/mol. The van der Waals surface area contributed by atoms with Crippen LogP contribution in [0.4, 0.5) is 5.82 Å². The van der Waals surface area contributed by atoms with Crippen molar-refractivity contribution in [2.24, 2.45) is 5.73 Å². The van der Waals surface area contributed by atoms with Crippen molar-refractivity contribution in [2.75, 3.05) is 31.1 Å². The molecule has 5 nitrogen and oxygen atoms in total. The third-order valence-corrected chi connectivity index (χ3v) is 3.41. The van der Waals surface area contributed by atoms with E-state index in [1.165, 1.54) is 5.56 Å². The van der Waals surface area contributed by atoms with Gasteiger partial charge in [0.2, 0.25) is 6.41 Å². The SMILES string of the molecule is Cc1cc(N2CCN(C=O)CC2)ncc1[C@@H](C)N. The highest BCUT2D eigenvalue weighted by atomic mass is 16.1. The number of carbonyl (C=O) groups excluding carboxylic acids is 1. The van der Waals surface area contributed by atoms with Gasteiger partial charge in [-0.15, -0.1) is 0 Å². The van der Waals surface area contributed by atoms with E-state index in [2.05, 4.69) is 22.9 Å². The van der Waals surface area contributed by atoms with Gasteiger partial charge < -0.3 is 15.5 Å². The molecule has 98 valence electrons. The second-order valence-electron chi connectivity index (χ2n) is 4.82. The number of nitrogens with two attached hydrogens (primary N) is 1. The van der Waals surface area contributed by atoms with Crippen LogP contribution in [-0.2, 0) is 4.79 Å². The van der Waals surface area contributed by atoms with E-state index in [9.17, 15) is 4.79 Å². The third-order valence-electron chi connectivity index (χ3n) is 3.41. The Morgan fingerprint density at radius 1 is 1.39 bits per heavy atom. The highest BCUT2D eigenvalue weighted by Gasteiger charge is 2.17. The van der Waals surface area contributed by atoms with Gasteiger partial charge in [0, 0.05) is 38.4 Å². The molecule has 0 unspecified atom stereocenters. The molecule has 0 spiro atoms. The number of amides is 1.